The molecular weight excluding hydrogens is 524 g/mol. The molecule has 0 bridgehead atoms. The van der Waals surface area contributed by atoms with Gasteiger partial charge in [-0.25, -0.2) is 8.42 Å². The maximum absolute atomic E-state index is 13.3. The molecule has 0 aromatic heterocycles. The summed E-state index contributed by atoms with van der Waals surface area (Å²) < 4.78 is 27.9. The number of carbonyl (C=O) groups is 1. The summed E-state index contributed by atoms with van der Waals surface area (Å²) >= 11 is 0. The third kappa shape index (κ3) is 7.79. The van der Waals surface area contributed by atoms with E-state index in [4.69, 9.17) is 5.11 Å². The van der Waals surface area contributed by atoms with Crippen molar-refractivity contribution in [3.8, 4) is 11.1 Å². The van der Waals surface area contributed by atoms with Crippen LogP contribution in [0.25, 0.3) is 11.1 Å². The van der Waals surface area contributed by atoms with E-state index < -0.39 is 22.1 Å². The maximum atomic E-state index is 13.3. The number of sulfonamides is 1. The van der Waals surface area contributed by atoms with Crippen molar-refractivity contribution in [1.82, 2.24) is 9.62 Å². The molecule has 0 radical (unpaired) electrons. The lowest BCUT2D eigenvalue weighted by Crippen LogP contribution is -2.47. The number of nitrogens with one attached hydrogen (secondary N) is 1. The Hall–Kier alpha value is -3.04. The summed E-state index contributed by atoms with van der Waals surface area (Å²) in [5, 5.41) is 23.1. The summed E-state index contributed by atoms with van der Waals surface area (Å²) in [7, 11) is -2.32. The number of benzene rings is 3. The molecule has 1 aliphatic carbocycles. The molecule has 3 aromatic rings. The van der Waals surface area contributed by atoms with Gasteiger partial charge in [-0.2, -0.15) is 4.31 Å². The van der Waals surface area contributed by atoms with Crippen LogP contribution < -0.4 is 5.32 Å². The predicted octanol–water partition coefficient (Wildman–Crippen LogP) is 4.53. The summed E-state index contributed by atoms with van der Waals surface area (Å²) in [5.41, 5.74) is 5.16. The maximum Gasteiger partial charge on any atom is 0.303 e. The number of aryl methyl sites for hydroxylation is 1. The largest absolute Gasteiger partial charge is 0.481 e. The van der Waals surface area contributed by atoms with Gasteiger partial charge >= 0.3 is 5.97 Å². The summed E-state index contributed by atoms with van der Waals surface area (Å²) in [6.07, 6.45) is 2.75. The minimum absolute atomic E-state index is 0.0250. The second kappa shape index (κ2) is 12.6. The molecule has 4 rings (SSSR count). The number of carboxylic acid groups (broad SMARTS) is 1. The zero-order valence-corrected chi connectivity index (χ0v) is 24.3. The van der Waals surface area contributed by atoms with Crippen molar-refractivity contribution < 1.29 is 23.4 Å². The Morgan fingerprint density at radius 1 is 1.00 bits per heavy atom. The molecule has 0 amide bonds. The van der Waals surface area contributed by atoms with E-state index in [0.29, 0.717) is 18.9 Å². The zero-order valence-electron chi connectivity index (χ0n) is 23.5. The Kier molecular flexibility index (Phi) is 9.46. The van der Waals surface area contributed by atoms with Crippen molar-refractivity contribution in [2.75, 3.05) is 20.1 Å². The first-order valence-electron chi connectivity index (χ1n) is 13.8. The van der Waals surface area contributed by atoms with Crippen LogP contribution in [0.1, 0.15) is 43.4 Å². The highest BCUT2D eigenvalue weighted by Gasteiger charge is 2.29. The Labute approximate surface area is 237 Å². The summed E-state index contributed by atoms with van der Waals surface area (Å²) in [6.45, 7) is 4.53. The molecule has 0 saturated carbocycles. The number of carboxylic acids is 1. The number of aliphatic carboxylic acids is 1. The highest BCUT2D eigenvalue weighted by atomic mass is 32.2. The minimum atomic E-state index is -3.81. The first-order chi connectivity index (χ1) is 18.9. The number of hydrogen-bond donors (Lipinski definition) is 3. The van der Waals surface area contributed by atoms with Gasteiger partial charge in [-0.3, -0.25) is 4.79 Å². The molecule has 214 valence electrons. The Bertz CT molecular complexity index is 1390. The van der Waals surface area contributed by atoms with Gasteiger partial charge in [0.2, 0.25) is 10.0 Å². The molecule has 3 aromatic carbocycles. The van der Waals surface area contributed by atoms with Crippen LogP contribution in [0.5, 0.6) is 0 Å². The first-order valence-corrected chi connectivity index (χ1v) is 15.2. The van der Waals surface area contributed by atoms with Crippen molar-refractivity contribution in [1.29, 1.82) is 0 Å². The van der Waals surface area contributed by atoms with Crippen LogP contribution >= 0.6 is 0 Å². The molecule has 0 fully saturated rings. The monoisotopic (exact) mass is 564 g/mol. The first kappa shape index (κ1) is 29.9. The SMILES string of the molecule is CN(CC(O)CNC(C)(C)CC1Cc2ccccc2C1)S(=O)(=O)c1cccc(-c2ccc(CCC(=O)O)cc2)c1. The smallest absolute Gasteiger partial charge is 0.303 e. The molecule has 40 heavy (non-hydrogen) atoms. The van der Waals surface area contributed by atoms with E-state index in [2.05, 4.69) is 43.4 Å². The average Bonchev–Trinajstić information content (AvgIpc) is 3.32. The minimum Gasteiger partial charge on any atom is -0.481 e. The van der Waals surface area contributed by atoms with Gasteiger partial charge in [-0.15, -0.1) is 0 Å². The van der Waals surface area contributed by atoms with Crippen molar-refractivity contribution in [2.24, 2.45) is 5.92 Å². The lowest BCUT2D eigenvalue weighted by molar-refractivity contribution is -0.136. The highest BCUT2D eigenvalue weighted by molar-refractivity contribution is 7.89. The molecule has 8 heteroatoms. The molecule has 3 N–H and O–H groups in total. The average molecular weight is 565 g/mol. The molecule has 7 nitrogen and oxygen atoms in total. The lowest BCUT2D eigenvalue weighted by Gasteiger charge is -2.31. The molecule has 1 unspecified atom stereocenters. The molecule has 1 aliphatic rings. The fraction of sp³-hybridized carbons (Fsp3) is 0.406. The second-order valence-corrected chi connectivity index (χ2v) is 13.6. The van der Waals surface area contributed by atoms with Crippen molar-refractivity contribution in [3.63, 3.8) is 0 Å². The number of aliphatic hydroxyl groups is 1. The Balaban J connectivity index is 1.32. The van der Waals surface area contributed by atoms with Crippen LogP contribution in [-0.4, -0.2) is 60.7 Å². The number of aliphatic hydroxyl groups excluding tert-OH is 1. The number of nitrogens with zero attached hydrogens (tertiary/aromatic N) is 1. The fourth-order valence-electron chi connectivity index (χ4n) is 5.57. The van der Waals surface area contributed by atoms with Crippen LogP contribution in [0.3, 0.4) is 0 Å². The van der Waals surface area contributed by atoms with E-state index in [0.717, 1.165) is 36.0 Å². The highest BCUT2D eigenvalue weighted by Crippen LogP contribution is 2.32. The van der Waals surface area contributed by atoms with Crippen molar-refractivity contribution in [3.05, 3.63) is 89.5 Å². The predicted molar refractivity (Wildman–Crippen MR) is 158 cm³/mol. The van der Waals surface area contributed by atoms with E-state index >= 15 is 0 Å². The number of fused-ring (bicyclic) bond motifs is 1. The number of likely N-dealkylation sites (N-methyl/N-ethyl adjacent to an activating group) is 1. The van der Waals surface area contributed by atoms with Crippen molar-refractivity contribution >= 4 is 16.0 Å². The second-order valence-electron chi connectivity index (χ2n) is 11.6. The topological polar surface area (TPSA) is 107 Å². The third-order valence-electron chi connectivity index (χ3n) is 7.68. The van der Waals surface area contributed by atoms with Crippen LogP contribution in [0.15, 0.2) is 77.7 Å². The lowest BCUT2D eigenvalue weighted by atomic mass is 9.88. The number of hydrogen-bond acceptors (Lipinski definition) is 5. The molecule has 0 saturated heterocycles. The van der Waals surface area contributed by atoms with Gasteiger partial charge in [0, 0.05) is 32.1 Å². The van der Waals surface area contributed by atoms with Crippen LogP contribution in [0, 0.1) is 5.92 Å². The van der Waals surface area contributed by atoms with Gasteiger partial charge in [0.1, 0.15) is 0 Å². The fourth-order valence-corrected chi connectivity index (χ4v) is 6.83. The van der Waals surface area contributed by atoms with E-state index in [1.165, 1.54) is 22.5 Å². The number of β-amino-alcohol motifs (C(OH)–C–C–N with tert-alkyl or cyclic N) is 1. The van der Waals surface area contributed by atoms with Crippen LogP contribution in [-0.2, 0) is 34.1 Å². The van der Waals surface area contributed by atoms with Gasteiger partial charge in [0.15, 0.2) is 0 Å². The molecule has 0 spiro atoms. The van der Waals surface area contributed by atoms with E-state index in [-0.39, 0.29) is 23.4 Å². The van der Waals surface area contributed by atoms with Gasteiger partial charge in [-0.05, 0) is 85.4 Å². The van der Waals surface area contributed by atoms with Crippen LogP contribution in [0.4, 0.5) is 0 Å². The Morgan fingerprint density at radius 3 is 2.27 bits per heavy atom. The summed E-state index contributed by atoms with van der Waals surface area (Å²) in [5.74, 6) is -0.292. The van der Waals surface area contributed by atoms with Crippen molar-refractivity contribution in [2.45, 2.75) is 62.5 Å². The quantitative estimate of drug-likeness (QED) is 0.282. The zero-order chi connectivity index (χ0) is 28.9. The Morgan fingerprint density at radius 2 is 1.65 bits per heavy atom. The molecule has 1 atom stereocenters. The van der Waals surface area contributed by atoms with E-state index in [1.54, 1.807) is 18.2 Å². The van der Waals surface area contributed by atoms with E-state index in [1.807, 2.05) is 30.3 Å². The summed E-state index contributed by atoms with van der Waals surface area (Å²) in [4.78, 5) is 11.0. The number of rotatable bonds is 13. The molecule has 0 heterocycles. The van der Waals surface area contributed by atoms with Gasteiger partial charge in [0.25, 0.3) is 0 Å². The van der Waals surface area contributed by atoms with E-state index in [9.17, 15) is 18.3 Å². The third-order valence-corrected chi connectivity index (χ3v) is 9.50. The normalized spacial score (nSPS) is 14.8. The molecule has 0 aliphatic heterocycles. The van der Waals surface area contributed by atoms with Gasteiger partial charge in [-0.1, -0.05) is 60.7 Å². The van der Waals surface area contributed by atoms with Gasteiger partial charge < -0.3 is 15.5 Å². The van der Waals surface area contributed by atoms with Gasteiger partial charge in [0.05, 0.1) is 11.0 Å². The van der Waals surface area contributed by atoms with Crippen LogP contribution in [0.2, 0.25) is 0 Å². The molecular formula is C32H40N2O5S. The standard InChI is InChI=1S/C32H40N2O5S/c1-32(2,20-24-17-26-7-4-5-8-27(26)18-24)33-21-29(35)22-34(3)40(38,39)30-10-6-9-28(19-30)25-14-11-23(12-15-25)13-16-31(36)37/h4-12,14-15,19,24,29,33,35H,13,16-18,20-22H2,1-3H3,(H,36,37). The summed E-state index contributed by atoms with van der Waals surface area (Å²) in [6, 6.07) is 22.8.